The standard InChI is InChI=1S/C5H9O3/c1-3-8-4-5(6)7-2/h1,3-4H2,2H3. The van der Waals surface area contributed by atoms with Crippen LogP contribution in [-0.4, -0.2) is 26.3 Å². The Bertz CT molecular complexity index is 70.1. The Morgan fingerprint density at radius 2 is 2.38 bits per heavy atom. The van der Waals surface area contributed by atoms with Crippen molar-refractivity contribution in [1.29, 1.82) is 0 Å². The van der Waals surface area contributed by atoms with Gasteiger partial charge in [-0.25, -0.2) is 4.79 Å². The fourth-order valence-corrected chi connectivity index (χ4v) is 0.214. The van der Waals surface area contributed by atoms with Crippen molar-refractivity contribution in [3.8, 4) is 0 Å². The smallest absolute Gasteiger partial charge is 0.331 e. The molecule has 0 spiro atoms. The first-order valence-corrected chi connectivity index (χ1v) is 2.25. The number of hydrogen-bond acceptors (Lipinski definition) is 3. The Morgan fingerprint density at radius 3 is 2.75 bits per heavy atom. The van der Waals surface area contributed by atoms with Crippen molar-refractivity contribution >= 4 is 5.97 Å². The number of methoxy groups -OCH3 is 1. The van der Waals surface area contributed by atoms with Gasteiger partial charge in [-0.1, -0.05) is 0 Å². The van der Waals surface area contributed by atoms with Crippen molar-refractivity contribution in [2.45, 2.75) is 0 Å². The SMILES string of the molecule is [CH2]COCC(=O)OC. The fraction of sp³-hybridized carbons (Fsp3) is 0.600. The summed E-state index contributed by atoms with van der Waals surface area (Å²) in [5.74, 6) is -0.367. The molecule has 0 aromatic carbocycles. The minimum absolute atomic E-state index is 0. The predicted octanol–water partition coefficient (Wildman–Crippen LogP) is 0.0101. The highest BCUT2D eigenvalue weighted by molar-refractivity contribution is 5.70. The van der Waals surface area contributed by atoms with Gasteiger partial charge >= 0.3 is 5.97 Å². The van der Waals surface area contributed by atoms with Crippen molar-refractivity contribution in [3.63, 3.8) is 0 Å². The van der Waals surface area contributed by atoms with Crippen LogP contribution in [0.15, 0.2) is 0 Å². The lowest BCUT2D eigenvalue weighted by molar-refractivity contribution is -0.145. The lowest BCUT2D eigenvalue weighted by Crippen LogP contribution is -2.09. The van der Waals surface area contributed by atoms with E-state index < -0.39 is 0 Å². The number of carbonyl (C=O) groups is 1. The normalized spacial score (nSPS) is 8.75. The maximum Gasteiger partial charge on any atom is 0.331 e. The van der Waals surface area contributed by atoms with Gasteiger partial charge in [-0.15, -0.1) is 0 Å². The first kappa shape index (κ1) is 7.43. The van der Waals surface area contributed by atoms with Gasteiger partial charge in [-0.2, -0.15) is 0 Å². The van der Waals surface area contributed by atoms with Gasteiger partial charge in [0.05, 0.1) is 7.11 Å². The van der Waals surface area contributed by atoms with Crippen LogP contribution >= 0.6 is 0 Å². The third-order valence-electron chi connectivity index (χ3n) is 0.592. The summed E-state index contributed by atoms with van der Waals surface area (Å²) in [4.78, 5) is 10.2. The highest BCUT2D eigenvalue weighted by atomic mass is 16.6. The molecule has 3 nitrogen and oxygen atoms in total. The van der Waals surface area contributed by atoms with Crippen LogP contribution in [0.5, 0.6) is 0 Å². The molecule has 0 saturated heterocycles. The molecule has 3 heteroatoms. The Hall–Kier alpha value is -0.570. The molecular weight excluding hydrogens is 108 g/mol. The van der Waals surface area contributed by atoms with Crippen LogP contribution in [0.4, 0.5) is 0 Å². The van der Waals surface area contributed by atoms with Crippen LogP contribution in [-0.2, 0) is 14.3 Å². The summed E-state index contributed by atoms with van der Waals surface area (Å²) in [5.41, 5.74) is 0. The minimum Gasteiger partial charge on any atom is -0.467 e. The van der Waals surface area contributed by atoms with E-state index in [9.17, 15) is 4.79 Å². The molecule has 47 valence electrons. The summed E-state index contributed by atoms with van der Waals surface area (Å²) in [7, 11) is 1.31. The first-order valence-electron chi connectivity index (χ1n) is 2.25. The van der Waals surface area contributed by atoms with Gasteiger partial charge in [0.1, 0.15) is 6.61 Å². The quantitative estimate of drug-likeness (QED) is 0.488. The second kappa shape index (κ2) is 4.59. The van der Waals surface area contributed by atoms with Crippen molar-refractivity contribution in [3.05, 3.63) is 6.92 Å². The molecule has 0 bridgehead atoms. The lowest BCUT2D eigenvalue weighted by Gasteiger charge is -1.96. The Morgan fingerprint density at radius 1 is 1.75 bits per heavy atom. The van der Waals surface area contributed by atoms with Crippen molar-refractivity contribution < 1.29 is 14.3 Å². The van der Waals surface area contributed by atoms with E-state index in [-0.39, 0.29) is 12.6 Å². The third kappa shape index (κ3) is 3.61. The summed E-state index contributed by atoms with van der Waals surface area (Å²) in [6.07, 6.45) is 0. The van der Waals surface area contributed by atoms with Gasteiger partial charge in [-0.3, -0.25) is 0 Å². The van der Waals surface area contributed by atoms with E-state index in [1.54, 1.807) is 0 Å². The highest BCUT2D eigenvalue weighted by Crippen LogP contribution is 1.75. The van der Waals surface area contributed by atoms with Crippen molar-refractivity contribution in [2.24, 2.45) is 0 Å². The molecular formula is C5H9O3. The molecule has 0 unspecified atom stereocenters. The van der Waals surface area contributed by atoms with E-state index >= 15 is 0 Å². The predicted molar refractivity (Wildman–Crippen MR) is 28.2 cm³/mol. The zero-order chi connectivity index (χ0) is 6.41. The molecule has 1 radical (unpaired) electrons. The largest absolute Gasteiger partial charge is 0.467 e. The number of hydrogen-bond donors (Lipinski definition) is 0. The van der Waals surface area contributed by atoms with Crippen LogP contribution in [0.2, 0.25) is 0 Å². The van der Waals surface area contributed by atoms with Crippen molar-refractivity contribution in [1.82, 2.24) is 0 Å². The molecule has 0 aliphatic heterocycles. The minimum atomic E-state index is -0.367. The Balaban J connectivity index is 2.99. The fourth-order valence-electron chi connectivity index (χ4n) is 0.214. The molecule has 0 aromatic heterocycles. The summed E-state index contributed by atoms with van der Waals surface area (Å²) in [5, 5.41) is 0. The second-order valence-electron chi connectivity index (χ2n) is 1.13. The van der Waals surface area contributed by atoms with E-state index in [2.05, 4.69) is 16.4 Å². The first-order chi connectivity index (χ1) is 3.81. The maximum absolute atomic E-state index is 10.2. The summed E-state index contributed by atoms with van der Waals surface area (Å²) in [6, 6.07) is 0. The van der Waals surface area contributed by atoms with Gasteiger partial charge < -0.3 is 9.47 Å². The Kier molecular flexibility index (Phi) is 4.26. The zero-order valence-electron chi connectivity index (χ0n) is 4.85. The van der Waals surface area contributed by atoms with Crippen LogP contribution in [0.25, 0.3) is 0 Å². The van der Waals surface area contributed by atoms with Crippen LogP contribution in [0.1, 0.15) is 0 Å². The zero-order valence-corrected chi connectivity index (χ0v) is 4.85. The van der Waals surface area contributed by atoms with E-state index in [0.29, 0.717) is 6.61 Å². The van der Waals surface area contributed by atoms with Gasteiger partial charge in [0.25, 0.3) is 0 Å². The topological polar surface area (TPSA) is 35.5 Å². The molecule has 0 fully saturated rings. The summed E-state index contributed by atoms with van der Waals surface area (Å²) >= 11 is 0. The number of esters is 1. The van der Waals surface area contributed by atoms with Gasteiger partial charge in [0.2, 0.25) is 0 Å². The van der Waals surface area contributed by atoms with Crippen LogP contribution in [0.3, 0.4) is 0 Å². The maximum atomic E-state index is 10.2. The molecule has 0 atom stereocenters. The van der Waals surface area contributed by atoms with Crippen molar-refractivity contribution in [2.75, 3.05) is 20.3 Å². The lowest BCUT2D eigenvalue weighted by atomic mass is 10.7. The number of carbonyl (C=O) groups excluding carboxylic acids is 1. The molecule has 0 aromatic rings. The Labute approximate surface area is 48.6 Å². The van der Waals surface area contributed by atoms with Gasteiger partial charge in [0.15, 0.2) is 0 Å². The average Bonchev–Trinajstić information content (AvgIpc) is 1.83. The third-order valence-corrected chi connectivity index (χ3v) is 0.592. The molecule has 0 heterocycles. The number of rotatable bonds is 3. The molecule has 0 aliphatic rings. The van der Waals surface area contributed by atoms with E-state index in [4.69, 9.17) is 0 Å². The molecule has 0 N–H and O–H groups in total. The molecule has 0 aliphatic carbocycles. The van der Waals surface area contributed by atoms with Crippen LogP contribution in [0, 0.1) is 6.92 Å². The van der Waals surface area contributed by atoms with E-state index in [1.807, 2.05) is 0 Å². The van der Waals surface area contributed by atoms with Gasteiger partial charge in [-0.05, 0) is 6.92 Å². The molecule has 8 heavy (non-hydrogen) atoms. The molecule has 0 saturated carbocycles. The average molecular weight is 117 g/mol. The summed E-state index contributed by atoms with van der Waals surface area (Å²) < 4.78 is 8.86. The second-order valence-corrected chi connectivity index (χ2v) is 1.13. The highest BCUT2D eigenvalue weighted by Gasteiger charge is 1.95. The number of ether oxygens (including phenoxy) is 2. The van der Waals surface area contributed by atoms with E-state index in [0.717, 1.165) is 0 Å². The van der Waals surface area contributed by atoms with Crippen LogP contribution < -0.4 is 0 Å². The monoisotopic (exact) mass is 117 g/mol. The van der Waals surface area contributed by atoms with E-state index in [1.165, 1.54) is 7.11 Å². The molecule has 0 amide bonds. The van der Waals surface area contributed by atoms with Gasteiger partial charge in [0, 0.05) is 6.61 Å². The molecule has 0 rings (SSSR count). The summed E-state index contributed by atoms with van der Waals surface area (Å²) in [6.45, 7) is 3.66.